The number of carbonyl (C=O) groups excluding carboxylic acids is 2. The number of nitrogens with one attached hydrogen (secondary N) is 1. The van der Waals surface area contributed by atoms with Crippen molar-refractivity contribution in [2.24, 2.45) is 0 Å². The Morgan fingerprint density at radius 3 is 2.40 bits per heavy atom. The lowest BCUT2D eigenvalue weighted by Crippen LogP contribution is -2.40. The van der Waals surface area contributed by atoms with Crippen LogP contribution in [0.4, 0.5) is 5.13 Å². The molecule has 0 spiro atoms. The van der Waals surface area contributed by atoms with E-state index in [1.807, 2.05) is 32.0 Å². The molecule has 30 heavy (non-hydrogen) atoms. The fourth-order valence-corrected chi connectivity index (χ4v) is 3.86. The van der Waals surface area contributed by atoms with Gasteiger partial charge in [-0.05, 0) is 42.5 Å². The highest BCUT2D eigenvalue weighted by Crippen LogP contribution is 2.29. The first-order valence-corrected chi connectivity index (χ1v) is 10.7. The van der Waals surface area contributed by atoms with Crippen LogP contribution in [0.2, 0.25) is 0 Å². The summed E-state index contributed by atoms with van der Waals surface area (Å²) in [6.45, 7) is 6.29. The number of ether oxygens (including phenoxy) is 2. The van der Waals surface area contributed by atoms with Gasteiger partial charge in [0.05, 0.1) is 30.5 Å². The largest absolute Gasteiger partial charge is 0.497 e. The summed E-state index contributed by atoms with van der Waals surface area (Å²) in [4.78, 5) is 31.2. The third kappa shape index (κ3) is 4.95. The molecule has 4 rings (SSSR count). The van der Waals surface area contributed by atoms with Gasteiger partial charge in [0, 0.05) is 24.2 Å². The van der Waals surface area contributed by atoms with Gasteiger partial charge in [0.25, 0.3) is 11.8 Å². The normalized spacial score (nSPS) is 13.4. The summed E-state index contributed by atoms with van der Waals surface area (Å²) in [5.74, 6) is 0.432. The molecule has 3 aromatic rings. The lowest BCUT2D eigenvalue weighted by atomic mass is 10.1. The van der Waals surface area contributed by atoms with E-state index in [2.05, 4.69) is 10.3 Å². The topological polar surface area (TPSA) is 80.8 Å². The van der Waals surface area contributed by atoms with Gasteiger partial charge in [-0.1, -0.05) is 25.2 Å². The predicted molar refractivity (Wildman–Crippen MR) is 119 cm³/mol. The van der Waals surface area contributed by atoms with Crippen LogP contribution in [0.1, 0.15) is 34.6 Å². The van der Waals surface area contributed by atoms with Crippen LogP contribution in [-0.4, -0.2) is 55.1 Å². The number of fused-ring (bicyclic) bond motifs is 1. The van der Waals surface area contributed by atoms with Crippen LogP contribution >= 0.6 is 11.3 Å². The molecule has 1 aromatic heterocycles. The van der Waals surface area contributed by atoms with Gasteiger partial charge in [0.2, 0.25) is 0 Å². The summed E-state index contributed by atoms with van der Waals surface area (Å²) in [7, 11) is 1.61. The summed E-state index contributed by atoms with van der Waals surface area (Å²) < 4.78 is 11.4. The second kappa shape index (κ2) is 10.2. The van der Waals surface area contributed by atoms with E-state index in [4.69, 9.17) is 9.47 Å². The van der Waals surface area contributed by atoms with Gasteiger partial charge in [-0.3, -0.25) is 14.9 Å². The number of methoxy groups -OCH3 is 1. The van der Waals surface area contributed by atoms with Gasteiger partial charge in [-0.25, -0.2) is 4.98 Å². The minimum Gasteiger partial charge on any atom is -0.497 e. The molecule has 2 aromatic carbocycles. The van der Waals surface area contributed by atoms with Crippen molar-refractivity contribution in [3.8, 4) is 5.75 Å². The highest BCUT2D eigenvalue weighted by Gasteiger charge is 2.19. The highest BCUT2D eigenvalue weighted by molar-refractivity contribution is 7.22. The first-order chi connectivity index (χ1) is 14.6. The van der Waals surface area contributed by atoms with Crippen LogP contribution in [0.15, 0.2) is 42.5 Å². The molecule has 0 bridgehead atoms. The van der Waals surface area contributed by atoms with Gasteiger partial charge in [0.15, 0.2) is 5.13 Å². The molecule has 0 atom stereocenters. The van der Waals surface area contributed by atoms with Crippen molar-refractivity contribution in [2.45, 2.75) is 13.8 Å². The summed E-state index contributed by atoms with van der Waals surface area (Å²) in [6.07, 6.45) is 0. The summed E-state index contributed by atoms with van der Waals surface area (Å²) in [6, 6.07) is 12.2. The number of thiazole rings is 1. The monoisotopic (exact) mass is 427 g/mol. The second-order valence-corrected chi connectivity index (χ2v) is 7.32. The molecule has 2 amide bonds. The quantitative estimate of drug-likeness (QED) is 0.679. The Morgan fingerprint density at radius 2 is 1.73 bits per heavy atom. The third-order valence-electron chi connectivity index (χ3n) is 4.51. The lowest BCUT2D eigenvalue weighted by Gasteiger charge is -2.26. The molecule has 1 aliphatic rings. The van der Waals surface area contributed by atoms with Crippen molar-refractivity contribution in [3.05, 3.63) is 53.6 Å². The lowest BCUT2D eigenvalue weighted by molar-refractivity contribution is 0.0303. The fourth-order valence-electron chi connectivity index (χ4n) is 2.97. The molecule has 158 valence electrons. The van der Waals surface area contributed by atoms with Crippen molar-refractivity contribution in [3.63, 3.8) is 0 Å². The molecule has 8 heteroatoms. The van der Waals surface area contributed by atoms with Gasteiger partial charge in [-0.15, -0.1) is 0 Å². The summed E-state index contributed by atoms with van der Waals surface area (Å²) in [5, 5.41) is 3.33. The van der Waals surface area contributed by atoms with Crippen molar-refractivity contribution < 1.29 is 19.1 Å². The molecule has 1 fully saturated rings. The number of amides is 2. The van der Waals surface area contributed by atoms with Crippen LogP contribution in [0.5, 0.6) is 5.75 Å². The zero-order valence-electron chi connectivity index (χ0n) is 17.3. The number of hydrogen-bond acceptors (Lipinski definition) is 6. The molecular weight excluding hydrogens is 402 g/mol. The van der Waals surface area contributed by atoms with Crippen LogP contribution < -0.4 is 10.1 Å². The number of hydrogen-bond donors (Lipinski definition) is 1. The first kappa shape index (κ1) is 21.7. The highest BCUT2D eigenvalue weighted by atomic mass is 32.1. The molecule has 7 nitrogen and oxygen atoms in total. The number of aromatic nitrogens is 1. The number of carbonyl (C=O) groups is 2. The average Bonchev–Trinajstić information content (AvgIpc) is 3.21. The van der Waals surface area contributed by atoms with Crippen LogP contribution in [0.3, 0.4) is 0 Å². The minimum absolute atomic E-state index is 0.0459. The van der Waals surface area contributed by atoms with E-state index < -0.39 is 0 Å². The van der Waals surface area contributed by atoms with Crippen molar-refractivity contribution >= 4 is 38.5 Å². The average molecular weight is 428 g/mol. The van der Waals surface area contributed by atoms with Gasteiger partial charge in [0.1, 0.15) is 5.75 Å². The van der Waals surface area contributed by atoms with E-state index in [1.165, 1.54) is 11.3 Å². The van der Waals surface area contributed by atoms with E-state index >= 15 is 0 Å². The number of nitrogens with zero attached hydrogens (tertiary/aromatic N) is 2. The first-order valence-electron chi connectivity index (χ1n) is 9.87. The van der Waals surface area contributed by atoms with Gasteiger partial charge >= 0.3 is 0 Å². The van der Waals surface area contributed by atoms with Gasteiger partial charge in [-0.2, -0.15) is 0 Å². The SMILES string of the molecule is CC.COc1ccc2nc(NC(=O)c3ccc(C(=O)N4CCOCC4)cc3)sc2c1. The number of morpholine rings is 1. The zero-order valence-corrected chi connectivity index (χ0v) is 18.1. The molecule has 1 N–H and O–H groups in total. The number of benzene rings is 2. The minimum atomic E-state index is -0.267. The standard InChI is InChI=1S/C20H19N3O4S.C2H6/c1-26-15-6-7-16-17(12-15)28-20(21-16)22-18(24)13-2-4-14(5-3-13)19(25)23-8-10-27-11-9-23;1-2/h2-7,12H,8-11H2,1H3,(H,21,22,24);1-2H3. The Kier molecular flexibility index (Phi) is 7.37. The predicted octanol–water partition coefficient (Wildman–Crippen LogP) is 4.06. The van der Waals surface area contributed by atoms with E-state index in [1.54, 1.807) is 36.3 Å². The molecule has 1 aliphatic heterocycles. The van der Waals surface area contributed by atoms with Crippen LogP contribution in [0.25, 0.3) is 10.2 Å². The summed E-state index contributed by atoms with van der Waals surface area (Å²) in [5.41, 5.74) is 1.83. The smallest absolute Gasteiger partial charge is 0.257 e. The molecule has 0 unspecified atom stereocenters. The Morgan fingerprint density at radius 1 is 1.07 bits per heavy atom. The van der Waals surface area contributed by atoms with Crippen molar-refractivity contribution in [1.82, 2.24) is 9.88 Å². The number of anilines is 1. The Hall–Kier alpha value is -2.97. The van der Waals surface area contributed by atoms with Crippen LogP contribution in [0, 0.1) is 0 Å². The Labute approximate surface area is 179 Å². The number of rotatable bonds is 4. The Balaban J connectivity index is 0.00000124. The van der Waals surface area contributed by atoms with E-state index in [0.717, 1.165) is 16.0 Å². The van der Waals surface area contributed by atoms with E-state index in [0.29, 0.717) is 42.6 Å². The zero-order chi connectivity index (χ0) is 21.5. The maximum absolute atomic E-state index is 12.5. The third-order valence-corrected chi connectivity index (χ3v) is 5.44. The molecule has 2 heterocycles. The maximum atomic E-state index is 12.5. The summed E-state index contributed by atoms with van der Waals surface area (Å²) >= 11 is 1.38. The second-order valence-electron chi connectivity index (χ2n) is 6.29. The van der Waals surface area contributed by atoms with E-state index in [9.17, 15) is 9.59 Å². The van der Waals surface area contributed by atoms with Gasteiger partial charge < -0.3 is 14.4 Å². The molecule has 1 saturated heterocycles. The fraction of sp³-hybridized carbons (Fsp3) is 0.318. The maximum Gasteiger partial charge on any atom is 0.257 e. The molecule has 0 radical (unpaired) electrons. The van der Waals surface area contributed by atoms with Crippen molar-refractivity contribution in [2.75, 3.05) is 38.7 Å². The van der Waals surface area contributed by atoms with E-state index in [-0.39, 0.29) is 11.8 Å². The Bertz CT molecular complexity index is 1010. The van der Waals surface area contributed by atoms with Crippen molar-refractivity contribution in [1.29, 1.82) is 0 Å². The molecular formula is C22H25N3O4S. The van der Waals surface area contributed by atoms with Crippen LogP contribution in [-0.2, 0) is 4.74 Å². The molecule has 0 aliphatic carbocycles. The molecule has 0 saturated carbocycles.